The Bertz CT molecular complexity index is 2390. The van der Waals surface area contributed by atoms with Crippen LogP contribution in [0.15, 0.2) is 71.6 Å². The molecule has 0 spiro atoms. The number of aromatic nitrogens is 4. The number of fused-ring (bicyclic) bond motifs is 3. The molecule has 0 bridgehead atoms. The maximum atomic E-state index is 13.9. The van der Waals surface area contributed by atoms with Crippen LogP contribution >= 0.6 is 0 Å². The highest BCUT2D eigenvalue weighted by Crippen LogP contribution is 2.27. The van der Waals surface area contributed by atoms with Gasteiger partial charge < -0.3 is 53.8 Å². The van der Waals surface area contributed by atoms with Gasteiger partial charge in [0.15, 0.2) is 12.2 Å². The summed E-state index contributed by atoms with van der Waals surface area (Å²) in [6.07, 6.45) is 2.57. The summed E-state index contributed by atoms with van der Waals surface area (Å²) in [5.74, 6) is 0.735. The minimum absolute atomic E-state index is 0.0252. The number of benzene rings is 2. The Labute approximate surface area is 377 Å². The lowest BCUT2D eigenvalue weighted by atomic mass is 9.85. The van der Waals surface area contributed by atoms with Crippen LogP contribution in [0.1, 0.15) is 38.4 Å². The van der Waals surface area contributed by atoms with Crippen LogP contribution in [0.2, 0.25) is 0 Å². The van der Waals surface area contributed by atoms with Gasteiger partial charge in [0.25, 0.3) is 0 Å². The van der Waals surface area contributed by atoms with Crippen LogP contribution in [0.4, 0.5) is 5.82 Å². The van der Waals surface area contributed by atoms with Crippen molar-refractivity contribution < 1.29 is 47.6 Å². The average Bonchev–Trinajstić information content (AvgIpc) is 4.03. The lowest BCUT2D eigenvalue weighted by Crippen LogP contribution is -2.58. The molecule has 0 radical (unpaired) electrons. The number of ether oxygens (including phenoxy) is 4. The Balaban J connectivity index is 0.725. The molecule has 65 heavy (non-hydrogen) atoms. The van der Waals surface area contributed by atoms with Gasteiger partial charge in [0.2, 0.25) is 29.4 Å². The number of β-amino-alcohol motifs (C(OH)–C–C–N with tert-alkyl or cyclic N) is 1. The molecule has 3 atom stereocenters. The number of nitrogens with one attached hydrogen (secondary N) is 2. The first-order chi connectivity index (χ1) is 31.4. The van der Waals surface area contributed by atoms with Crippen LogP contribution in [0.3, 0.4) is 0 Å². The molecule has 348 valence electrons. The summed E-state index contributed by atoms with van der Waals surface area (Å²) < 4.78 is 29.6. The highest BCUT2D eigenvalue weighted by molar-refractivity contribution is 5.93. The van der Waals surface area contributed by atoms with E-state index in [1.54, 1.807) is 4.90 Å². The molecule has 4 amide bonds. The Morgan fingerprint density at radius 2 is 1.54 bits per heavy atom. The molecule has 2 saturated heterocycles. The minimum Gasteiger partial charge on any atom is -0.443 e. The van der Waals surface area contributed by atoms with Crippen molar-refractivity contribution in [3.05, 3.63) is 78.4 Å². The monoisotopic (exact) mass is 897 g/mol. The summed E-state index contributed by atoms with van der Waals surface area (Å²) in [5, 5.41) is 16.2. The third-order valence-electron chi connectivity index (χ3n) is 11.4. The van der Waals surface area contributed by atoms with Crippen LogP contribution < -0.4 is 15.5 Å². The molecule has 2 fully saturated rings. The van der Waals surface area contributed by atoms with E-state index in [-0.39, 0.29) is 58.5 Å². The van der Waals surface area contributed by atoms with Gasteiger partial charge in [-0.3, -0.25) is 23.6 Å². The van der Waals surface area contributed by atoms with Crippen molar-refractivity contribution in [1.29, 1.82) is 0 Å². The Morgan fingerprint density at radius 3 is 2.22 bits per heavy atom. The van der Waals surface area contributed by atoms with Gasteiger partial charge in [-0.1, -0.05) is 57.2 Å². The fraction of sp³-hybridized carbons (Fsp3) is 0.500. The fourth-order valence-corrected chi connectivity index (χ4v) is 7.86. The summed E-state index contributed by atoms with van der Waals surface area (Å²) in [5.41, 5.74) is 3.68. The van der Waals surface area contributed by atoms with E-state index in [0.29, 0.717) is 57.5 Å². The number of piperazine rings is 1. The second kappa shape index (κ2) is 21.8. The molecule has 19 nitrogen and oxygen atoms in total. The van der Waals surface area contributed by atoms with Gasteiger partial charge in [-0.15, -0.1) is 0 Å². The van der Waals surface area contributed by atoms with Crippen LogP contribution in [0, 0.1) is 12.3 Å². The number of oxazole rings is 1. The Kier molecular flexibility index (Phi) is 15.8. The summed E-state index contributed by atoms with van der Waals surface area (Å²) in [6.45, 7) is 11.2. The highest BCUT2D eigenvalue weighted by atomic mass is 16.6. The SMILES string of the molecule is Cc1ncoc1-c1ccc(CNC(=O)[C@@H]2C[C@@H](O)CN2C(=O)[C@@H](NC(=O)COCCOCCOCCOCC(=O)N2CCN(c3ccn4c(n3)nc3ccccc34)CC2)C(C)(C)C)cc1. The minimum atomic E-state index is -0.979. The fourth-order valence-electron chi connectivity index (χ4n) is 7.86. The van der Waals surface area contributed by atoms with Crippen LogP contribution in [0.25, 0.3) is 28.1 Å². The molecule has 7 rings (SSSR count). The highest BCUT2D eigenvalue weighted by Gasteiger charge is 2.44. The number of aliphatic hydroxyl groups is 1. The van der Waals surface area contributed by atoms with Crippen molar-refractivity contribution >= 4 is 46.3 Å². The third-order valence-corrected chi connectivity index (χ3v) is 11.4. The van der Waals surface area contributed by atoms with Gasteiger partial charge in [-0.2, -0.15) is 4.98 Å². The standard InChI is InChI=1S/C46H59N9O10/c1-31-41(65-30-48-31)33-11-9-32(10-12-33)26-47-43(59)37-25-34(56)27-55(37)44(60)42(46(2,3)4)51-39(57)28-63-23-21-61-19-20-62-22-24-64-29-40(58)53-17-15-52(16-18-53)38-13-14-54-36-8-6-5-7-35(36)49-45(54)50-38/h5-14,30,34,37,42,56H,15-29H2,1-4H3,(H,47,59)(H,51,57)/t34-,37+,42-/m1/s1. The predicted octanol–water partition coefficient (Wildman–Crippen LogP) is 2.37. The maximum absolute atomic E-state index is 13.9. The number of carbonyl (C=O) groups is 4. The molecule has 2 aliphatic heterocycles. The normalized spacial score (nSPS) is 17.2. The number of anilines is 1. The maximum Gasteiger partial charge on any atom is 0.248 e. The number of carbonyl (C=O) groups excluding carboxylic acids is 4. The molecule has 0 unspecified atom stereocenters. The molecule has 3 aromatic heterocycles. The second-order valence-corrected chi connectivity index (χ2v) is 17.2. The van der Waals surface area contributed by atoms with Crippen molar-refractivity contribution in [3.8, 4) is 11.3 Å². The van der Waals surface area contributed by atoms with Crippen molar-refractivity contribution in [3.63, 3.8) is 0 Å². The molecule has 3 N–H and O–H groups in total. The third kappa shape index (κ3) is 12.2. The zero-order valence-electron chi connectivity index (χ0n) is 37.4. The molecule has 0 aliphatic carbocycles. The van der Waals surface area contributed by atoms with Crippen LogP contribution in [-0.2, 0) is 44.7 Å². The zero-order chi connectivity index (χ0) is 45.9. The van der Waals surface area contributed by atoms with Crippen molar-refractivity contribution in [2.45, 2.75) is 58.8 Å². The first kappa shape index (κ1) is 47.0. The number of hydrogen-bond donors (Lipinski definition) is 3. The Hall–Kier alpha value is -5.99. The van der Waals surface area contributed by atoms with Crippen LogP contribution in [-0.4, -0.2) is 162 Å². The summed E-state index contributed by atoms with van der Waals surface area (Å²) >= 11 is 0. The number of amides is 4. The van der Waals surface area contributed by atoms with E-state index in [2.05, 4.69) is 25.5 Å². The van der Waals surface area contributed by atoms with E-state index >= 15 is 0 Å². The van der Waals surface area contributed by atoms with Gasteiger partial charge in [0, 0.05) is 57.4 Å². The molecule has 0 saturated carbocycles. The second-order valence-electron chi connectivity index (χ2n) is 17.2. The van der Waals surface area contributed by atoms with E-state index in [4.69, 9.17) is 28.3 Å². The summed E-state index contributed by atoms with van der Waals surface area (Å²) in [7, 11) is 0. The Morgan fingerprint density at radius 1 is 0.862 bits per heavy atom. The van der Waals surface area contributed by atoms with Crippen molar-refractivity contribution in [2.75, 3.05) is 90.5 Å². The number of para-hydroxylation sites is 2. The summed E-state index contributed by atoms with van der Waals surface area (Å²) in [6, 6.07) is 15.5. The van der Waals surface area contributed by atoms with Gasteiger partial charge in [-0.05, 0) is 36.1 Å². The van der Waals surface area contributed by atoms with Crippen molar-refractivity contribution in [1.82, 2.24) is 39.8 Å². The van der Waals surface area contributed by atoms with E-state index in [9.17, 15) is 24.3 Å². The lowest BCUT2D eigenvalue weighted by Gasteiger charge is -2.35. The van der Waals surface area contributed by atoms with Gasteiger partial charge in [-0.25, -0.2) is 9.97 Å². The zero-order valence-corrected chi connectivity index (χ0v) is 37.4. The van der Waals surface area contributed by atoms with Gasteiger partial charge >= 0.3 is 0 Å². The summed E-state index contributed by atoms with van der Waals surface area (Å²) in [4.78, 5) is 71.8. The van der Waals surface area contributed by atoms with Crippen molar-refractivity contribution in [2.24, 2.45) is 5.41 Å². The lowest BCUT2D eigenvalue weighted by molar-refractivity contribution is -0.144. The topological polar surface area (TPSA) is 215 Å². The number of rotatable bonds is 20. The predicted molar refractivity (Wildman–Crippen MR) is 239 cm³/mol. The molecular weight excluding hydrogens is 839 g/mol. The first-order valence-corrected chi connectivity index (χ1v) is 22.0. The number of aliphatic hydroxyl groups excluding tert-OH is 1. The van der Waals surface area contributed by atoms with Crippen LogP contribution in [0.5, 0.6) is 0 Å². The van der Waals surface area contributed by atoms with E-state index in [1.165, 1.54) is 11.3 Å². The quantitative estimate of drug-likeness (QED) is 0.0958. The molecular formula is C46H59N9O10. The number of nitrogens with zero attached hydrogens (tertiary/aromatic N) is 7. The largest absolute Gasteiger partial charge is 0.443 e. The molecule has 5 aromatic rings. The molecule has 19 heteroatoms. The van der Waals surface area contributed by atoms with E-state index in [0.717, 1.165) is 33.7 Å². The number of aryl methyl sites for hydroxylation is 1. The van der Waals surface area contributed by atoms with Gasteiger partial charge in [0.05, 0.1) is 62.5 Å². The average molecular weight is 898 g/mol. The molecule has 2 aromatic carbocycles. The smallest absolute Gasteiger partial charge is 0.248 e. The number of imidazole rings is 1. The van der Waals surface area contributed by atoms with Gasteiger partial charge in [0.1, 0.15) is 31.1 Å². The molecule has 2 aliphatic rings. The van der Waals surface area contributed by atoms with E-state index in [1.807, 2.05) is 92.9 Å². The first-order valence-electron chi connectivity index (χ1n) is 22.0. The van der Waals surface area contributed by atoms with E-state index < -0.39 is 41.3 Å². The number of likely N-dealkylation sites (tertiary alicyclic amines) is 1. The number of hydrogen-bond acceptors (Lipinski definition) is 14. The molecule has 5 heterocycles.